The monoisotopic (exact) mass is 262 g/mol. The van der Waals surface area contributed by atoms with Crippen molar-refractivity contribution in [1.82, 2.24) is 0 Å². The molecule has 0 spiro atoms. The zero-order chi connectivity index (χ0) is 13.1. The highest BCUT2D eigenvalue weighted by Crippen LogP contribution is 2.35. The Morgan fingerprint density at radius 3 is 2.78 bits per heavy atom. The van der Waals surface area contributed by atoms with Crippen LogP contribution in [0.15, 0.2) is 29.6 Å². The first-order valence-electron chi connectivity index (χ1n) is 5.11. The molecular formula is C13H10O4S. The lowest BCUT2D eigenvalue weighted by molar-refractivity contribution is 0.0693. The first kappa shape index (κ1) is 12.3. The number of hydrogen-bond acceptors (Lipinski definition) is 4. The number of thiophene rings is 1. The van der Waals surface area contributed by atoms with Crippen LogP contribution in [-0.4, -0.2) is 24.5 Å². The maximum Gasteiger partial charge on any atom is 0.339 e. The summed E-state index contributed by atoms with van der Waals surface area (Å²) in [6.45, 7) is 0. The molecule has 1 N–H and O–H groups in total. The van der Waals surface area contributed by atoms with Crippen molar-refractivity contribution in [3.63, 3.8) is 0 Å². The molecule has 0 amide bonds. The van der Waals surface area contributed by atoms with Crippen LogP contribution < -0.4 is 4.74 Å². The van der Waals surface area contributed by atoms with Gasteiger partial charge in [-0.2, -0.15) is 0 Å². The summed E-state index contributed by atoms with van der Waals surface area (Å²) in [5, 5.41) is 10.9. The third kappa shape index (κ3) is 2.12. The highest BCUT2D eigenvalue weighted by Gasteiger charge is 2.16. The van der Waals surface area contributed by atoms with E-state index in [1.807, 2.05) is 0 Å². The summed E-state index contributed by atoms with van der Waals surface area (Å²) in [7, 11) is 1.43. The highest BCUT2D eigenvalue weighted by molar-refractivity contribution is 7.12. The van der Waals surface area contributed by atoms with Crippen LogP contribution in [0.2, 0.25) is 0 Å². The van der Waals surface area contributed by atoms with Gasteiger partial charge >= 0.3 is 5.97 Å². The number of carbonyl (C=O) groups is 2. The third-order valence-electron chi connectivity index (χ3n) is 2.50. The molecule has 0 aliphatic heterocycles. The molecule has 18 heavy (non-hydrogen) atoms. The smallest absolute Gasteiger partial charge is 0.339 e. The summed E-state index contributed by atoms with van der Waals surface area (Å²) in [5.41, 5.74) is 1.55. The van der Waals surface area contributed by atoms with E-state index in [0.29, 0.717) is 16.2 Å². The second kappa shape index (κ2) is 5.01. The minimum atomic E-state index is -1.04. The molecule has 0 bridgehead atoms. The van der Waals surface area contributed by atoms with Gasteiger partial charge in [-0.05, 0) is 23.1 Å². The fourth-order valence-corrected chi connectivity index (χ4v) is 2.42. The van der Waals surface area contributed by atoms with Gasteiger partial charge in [0.25, 0.3) is 0 Å². The standard InChI is InChI=1S/C13H10O4S/c1-17-12-10(3-2-4-11(12)13(15)16)8-5-9(6-14)18-7-8/h2-7H,1H3,(H,15,16). The number of methoxy groups -OCH3 is 1. The molecule has 0 saturated heterocycles. The predicted octanol–water partition coefficient (Wildman–Crippen LogP) is 2.93. The number of aldehydes is 1. The van der Waals surface area contributed by atoms with Gasteiger partial charge in [0.2, 0.25) is 0 Å². The number of ether oxygens (including phenoxy) is 1. The largest absolute Gasteiger partial charge is 0.495 e. The molecule has 0 aliphatic carbocycles. The molecule has 0 unspecified atom stereocenters. The second-order valence-electron chi connectivity index (χ2n) is 3.55. The van der Waals surface area contributed by atoms with Gasteiger partial charge in [0, 0.05) is 5.56 Å². The van der Waals surface area contributed by atoms with E-state index in [9.17, 15) is 9.59 Å². The Hall–Kier alpha value is -2.14. The summed E-state index contributed by atoms with van der Waals surface area (Å²) in [4.78, 5) is 22.3. The van der Waals surface area contributed by atoms with E-state index in [2.05, 4.69) is 0 Å². The lowest BCUT2D eigenvalue weighted by Crippen LogP contribution is -2.01. The fraction of sp³-hybridized carbons (Fsp3) is 0.0769. The number of carboxylic acid groups (broad SMARTS) is 1. The van der Waals surface area contributed by atoms with Gasteiger partial charge in [-0.15, -0.1) is 11.3 Å². The summed E-state index contributed by atoms with van der Waals surface area (Å²) in [5.74, 6) is -0.736. The van der Waals surface area contributed by atoms with Crippen LogP contribution in [0.4, 0.5) is 0 Å². The molecular weight excluding hydrogens is 252 g/mol. The molecule has 0 atom stereocenters. The Morgan fingerprint density at radius 2 is 2.22 bits per heavy atom. The van der Waals surface area contributed by atoms with Gasteiger partial charge in [-0.3, -0.25) is 4.79 Å². The number of hydrogen-bond donors (Lipinski definition) is 1. The molecule has 0 fully saturated rings. The quantitative estimate of drug-likeness (QED) is 0.860. The Labute approximate surface area is 107 Å². The molecule has 1 aromatic carbocycles. The van der Waals surface area contributed by atoms with Crippen LogP contribution in [0, 0.1) is 0 Å². The predicted molar refractivity (Wildman–Crippen MR) is 68.7 cm³/mol. The van der Waals surface area contributed by atoms with Crippen LogP contribution >= 0.6 is 11.3 Å². The summed E-state index contributed by atoms with van der Waals surface area (Å²) < 4.78 is 5.17. The molecule has 0 radical (unpaired) electrons. The van der Waals surface area contributed by atoms with Crippen molar-refractivity contribution in [3.05, 3.63) is 40.1 Å². The van der Waals surface area contributed by atoms with Crippen LogP contribution in [0.5, 0.6) is 5.75 Å². The maximum atomic E-state index is 11.1. The minimum Gasteiger partial charge on any atom is -0.495 e. The number of aromatic carboxylic acids is 1. The number of carbonyl (C=O) groups excluding carboxylic acids is 1. The van der Waals surface area contributed by atoms with E-state index < -0.39 is 5.97 Å². The van der Waals surface area contributed by atoms with Crippen molar-refractivity contribution in [3.8, 4) is 16.9 Å². The number of para-hydroxylation sites is 1. The summed E-state index contributed by atoms with van der Waals surface area (Å²) >= 11 is 1.31. The van der Waals surface area contributed by atoms with E-state index in [-0.39, 0.29) is 5.56 Å². The Balaban J connectivity index is 2.59. The van der Waals surface area contributed by atoms with Gasteiger partial charge in [0.05, 0.1) is 12.0 Å². The van der Waals surface area contributed by atoms with Crippen LogP contribution in [0.25, 0.3) is 11.1 Å². The second-order valence-corrected chi connectivity index (χ2v) is 4.49. The van der Waals surface area contributed by atoms with E-state index >= 15 is 0 Å². The molecule has 0 aliphatic rings. The van der Waals surface area contributed by atoms with Crippen LogP contribution in [-0.2, 0) is 0 Å². The van der Waals surface area contributed by atoms with Gasteiger partial charge in [-0.1, -0.05) is 12.1 Å². The summed E-state index contributed by atoms with van der Waals surface area (Å²) in [6, 6.07) is 6.61. The lowest BCUT2D eigenvalue weighted by atomic mass is 10.0. The molecule has 5 heteroatoms. The van der Waals surface area contributed by atoms with Crippen molar-refractivity contribution in [2.75, 3.05) is 7.11 Å². The molecule has 92 valence electrons. The van der Waals surface area contributed by atoms with Gasteiger partial charge < -0.3 is 9.84 Å². The van der Waals surface area contributed by atoms with Crippen LogP contribution in [0.3, 0.4) is 0 Å². The molecule has 2 rings (SSSR count). The SMILES string of the molecule is COc1c(C(=O)O)cccc1-c1csc(C=O)c1. The fourth-order valence-electron chi connectivity index (χ4n) is 1.71. The number of rotatable bonds is 4. The first-order valence-corrected chi connectivity index (χ1v) is 5.99. The lowest BCUT2D eigenvalue weighted by Gasteiger charge is -2.09. The Bertz CT molecular complexity index is 601. The maximum absolute atomic E-state index is 11.1. The zero-order valence-electron chi connectivity index (χ0n) is 9.54. The van der Waals surface area contributed by atoms with E-state index in [0.717, 1.165) is 11.8 Å². The van der Waals surface area contributed by atoms with Gasteiger partial charge in [-0.25, -0.2) is 4.79 Å². The molecule has 1 aromatic heterocycles. The van der Waals surface area contributed by atoms with Crippen molar-refractivity contribution in [2.45, 2.75) is 0 Å². The van der Waals surface area contributed by atoms with Gasteiger partial charge in [0.1, 0.15) is 11.3 Å². The van der Waals surface area contributed by atoms with Gasteiger partial charge in [0.15, 0.2) is 6.29 Å². The molecule has 1 heterocycles. The summed E-state index contributed by atoms with van der Waals surface area (Å²) in [6.07, 6.45) is 0.766. The van der Waals surface area contributed by atoms with Crippen LogP contribution in [0.1, 0.15) is 20.0 Å². The molecule has 0 saturated carbocycles. The normalized spacial score (nSPS) is 10.1. The van der Waals surface area contributed by atoms with E-state index in [1.165, 1.54) is 24.5 Å². The number of benzene rings is 1. The van der Waals surface area contributed by atoms with Crippen molar-refractivity contribution >= 4 is 23.6 Å². The highest BCUT2D eigenvalue weighted by atomic mass is 32.1. The average molecular weight is 262 g/mol. The minimum absolute atomic E-state index is 0.105. The number of carboxylic acids is 1. The average Bonchev–Trinajstić information content (AvgIpc) is 2.86. The zero-order valence-corrected chi connectivity index (χ0v) is 10.4. The Kier molecular flexibility index (Phi) is 3.43. The van der Waals surface area contributed by atoms with E-state index in [1.54, 1.807) is 23.6 Å². The van der Waals surface area contributed by atoms with Crippen molar-refractivity contribution in [1.29, 1.82) is 0 Å². The third-order valence-corrected chi connectivity index (χ3v) is 3.35. The van der Waals surface area contributed by atoms with Crippen molar-refractivity contribution < 1.29 is 19.4 Å². The first-order chi connectivity index (χ1) is 8.67. The Morgan fingerprint density at radius 1 is 1.44 bits per heavy atom. The van der Waals surface area contributed by atoms with E-state index in [4.69, 9.17) is 9.84 Å². The molecule has 4 nitrogen and oxygen atoms in total. The topological polar surface area (TPSA) is 63.6 Å². The molecule has 2 aromatic rings. The van der Waals surface area contributed by atoms with Crippen molar-refractivity contribution in [2.24, 2.45) is 0 Å².